The summed E-state index contributed by atoms with van der Waals surface area (Å²) in [5.74, 6) is -0.835. The Bertz CT molecular complexity index is 275. The van der Waals surface area contributed by atoms with Crippen molar-refractivity contribution in [1.29, 1.82) is 0 Å². The van der Waals surface area contributed by atoms with Crippen LogP contribution in [0.25, 0.3) is 0 Å². The van der Waals surface area contributed by atoms with Gasteiger partial charge in [0, 0.05) is 12.1 Å². The van der Waals surface area contributed by atoms with Crippen molar-refractivity contribution >= 4 is 73.2 Å². The van der Waals surface area contributed by atoms with E-state index < -0.39 is 24.0 Å². The molecule has 0 rings (SSSR count). The first-order valence-electron chi connectivity index (χ1n) is 6.52. The molecule has 0 saturated carbocycles. The number of aliphatic hydroxyl groups excluding tert-OH is 2. The van der Waals surface area contributed by atoms with E-state index in [0.29, 0.717) is 12.8 Å². The molecule has 4 N–H and O–H groups in total. The van der Waals surface area contributed by atoms with E-state index in [1.165, 1.54) is 0 Å². The first-order chi connectivity index (χ1) is 10.4. The Morgan fingerprint density at radius 2 is 1.22 bits per heavy atom. The van der Waals surface area contributed by atoms with Gasteiger partial charge in [0.25, 0.3) is 0 Å². The van der Waals surface area contributed by atoms with Gasteiger partial charge >= 0.3 is 37.7 Å². The minimum absolute atomic E-state index is 0. The normalized spacial score (nSPS) is 12.3. The first-order valence-corrected chi connectivity index (χ1v) is 9.31. The van der Waals surface area contributed by atoms with Gasteiger partial charge in [-0.25, -0.2) is 0 Å². The molecular weight excluding hydrogens is 372 g/mol. The van der Waals surface area contributed by atoms with Crippen molar-refractivity contribution in [2.24, 2.45) is 0 Å². The Morgan fingerprint density at radius 3 is 1.39 bits per heavy atom. The molecule has 0 aromatic carbocycles. The van der Waals surface area contributed by atoms with Crippen molar-refractivity contribution in [3.63, 3.8) is 0 Å². The summed E-state index contributed by atoms with van der Waals surface area (Å²) in [7, 11) is 0. The van der Waals surface area contributed by atoms with Crippen LogP contribution in [-0.4, -0.2) is 109 Å². The zero-order valence-corrected chi connectivity index (χ0v) is 17.3. The molecule has 11 heteroatoms. The van der Waals surface area contributed by atoms with E-state index in [1.54, 1.807) is 23.5 Å². The monoisotopic (exact) mass is 396 g/mol. The van der Waals surface area contributed by atoms with Crippen LogP contribution in [0, 0.1) is 0 Å². The van der Waals surface area contributed by atoms with Crippen molar-refractivity contribution in [3.05, 3.63) is 0 Å². The van der Waals surface area contributed by atoms with E-state index in [1.807, 2.05) is 12.5 Å². The maximum absolute atomic E-state index is 10.3. The molecule has 0 spiro atoms. The van der Waals surface area contributed by atoms with E-state index >= 15 is 0 Å². The van der Waals surface area contributed by atoms with Crippen molar-refractivity contribution in [2.75, 3.05) is 37.5 Å². The van der Waals surface area contributed by atoms with Gasteiger partial charge in [0.1, 0.15) is 0 Å². The maximum atomic E-state index is 10.3. The average molecular weight is 397 g/mol. The van der Waals surface area contributed by atoms with E-state index in [9.17, 15) is 19.8 Å². The molecule has 0 heterocycles. The number of hydrogen-bond donors (Lipinski definition) is 4. The summed E-state index contributed by atoms with van der Waals surface area (Å²) in [6.07, 6.45) is 4.74. The van der Waals surface area contributed by atoms with Gasteiger partial charge in [0.15, 0.2) is 0 Å². The summed E-state index contributed by atoms with van der Waals surface area (Å²) in [6.45, 7) is -0.653. The van der Waals surface area contributed by atoms with Gasteiger partial charge in [-0.1, -0.05) is 0 Å². The molecule has 0 aliphatic carbocycles. The van der Waals surface area contributed by atoms with Crippen molar-refractivity contribution in [3.8, 4) is 0 Å². The van der Waals surface area contributed by atoms with Gasteiger partial charge in [-0.05, 0) is 36.9 Å². The van der Waals surface area contributed by atoms with Gasteiger partial charge in [0.05, 0.1) is 25.4 Å². The molecule has 23 heavy (non-hydrogen) atoms. The third kappa shape index (κ3) is 18.9. The molecule has 0 amide bonds. The Balaban J connectivity index is -0.000000333. The fourth-order valence-electron chi connectivity index (χ4n) is 1.30. The van der Waals surface area contributed by atoms with Gasteiger partial charge in [-0.2, -0.15) is 23.5 Å². The summed E-state index contributed by atoms with van der Waals surface area (Å²) in [5.41, 5.74) is 0. The summed E-state index contributed by atoms with van der Waals surface area (Å²) < 4.78 is 0. The van der Waals surface area contributed by atoms with Crippen LogP contribution in [0.1, 0.15) is 12.8 Å². The SMILES string of the molecule is CSCCC(NCO)C(=O)[O-].CSCCC(NCO)C(=O)[O-].[Ca+2]. The fourth-order valence-corrected chi connectivity index (χ4v) is 2.24. The molecule has 0 aliphatic heterocycles. The van der Waals surface area contributed by atoms with Crippen molar-refractivity contribution < 1.29 is 30.0 Å². The standard InChI is InChI=1S/2C6H13NO3S.Ca/c2*1-11-3-2-5(6(9)10)7-4-8;/h2*5,7-8H,2-4H2,1H3,(H,9,10);/q;;+2/p-2. The van der Waals surface area contributed by atoms with Gasteiger partial charge < -0.3 is 30.0 Å². The molecule has 132 valence electrons. The number of aliphatic carboxylic acids is 2. The predicted molar refractivity (Wildman–Crippen MR) is 89.8 cm³/mol. The summed E-state index contributed by atoms with van der Waals surface area (Å²) in [5, 5.41) is 42.1. The van der Waals surface area contributed by atoms with E-state index in [-0.39, 0.29) is 51.2 Å². The smallest absolute Gasteiger partial charge is 0.548 e. The van der Waals surface area contributed by atoms with Crippen LogP contribution >= 0.6 is 23.5 Å². The predicted octanol–water partition coefficient (Wildman–Crippen LogP) is -3.59. The molecule has 0 radical (unpaired) electrons. The number of hydrogen-bond acceptors (Lipinski definition) is 10. The van der Waals surface area contributed by atoms with Crippen LogP contribution in [0.4, 0.5) is 0 Å². The number of carbonyl (C=O) groups excluding carboxylic acids is 2. The molecule has 0 aliphatic rings. The van der Waals surface area contributed by atoms with Crippen molar-refractivity contribution in [2.45, 2.75) is 24.9 Å². The number of rotatable bonds is 12. The Morgan fingerprint density at radius 1 is 0.913 bits per heavy atom. The molecule has 0 fully saturated rings. The van der Waals surface area contributed by atoms with Crippen molar-refractivity contribution in [1.82, 2.24) is 10.6 Å². The number of carbonyl (C=O) groups is 2. The van der Waals surface area contributed by atoms with Gasteiger partial charge in [-0.15, -0.1) is 0 Å². The summed E-state index contributed by atoms with van der Waals surface area (Å²) in [4.78, 5) is 20.6. The molecule has 0 bridgehead atoms. The second-order valence-electron chi connectivity index (χ2n) is 4.03. The number of aliphatic hydroxyl groups is 2. The molecule has 8 nitrogen and oxygen atoms in total. The molecule has 2 atom stereocenters. The molecule has 0 aromatic rings. The quantitative estimate of drug-likeness (QED) is 0.193. The van der Waals surface area contributed by atoms with Crippen LogP contribution in [0.2, 0.25) is 0 Å². The third-order valence-corrected chi connectivity index (χ3v) is 3.75. The first kappa shape index (κ1) is 28.5. The van der Waals surface area contributed by atoms with E-state index in [2.05, 4.69) is 10.6 Å². The van der Waals surface area contributed by atoms with Crippen LogP contribution in [0.5, 0.6) is 0 Å². The topological polar surface area (TPSA) is 145 Å². The fraction of sp³-hybridized carbons (Fsp3) is 0.833. The Hall–Kier alpha value is 0.740. The van der Waals surface area contributed by atoms with Gasteiger partial charge in [-0.3, -0.25) is 10.6 Å². The number of carboxylic acids is 2. The number of thioether (sulfide) groups is 2. The number of carboxylic acid groups (broad SMARTS) is 2. The van der Waals surface area contributed by atoms with E-state index in [0.717, 1.165) is 11.5 Å². The minimum Gasteiger partial charge on any atom is -0.548 e. The maximum Gasteiger partial charge on any atom is 2.00 e. The second kappa shape index (κ2) is 20.8. The zero-order chi connectivity index (χ0) is 17.4. The summed E-state index contributed by atoms with van der Waals surface area (Å²) >= 11 is 3.12. The molecule has 0 aromatic heterocycles. The Kier molecular flexibility index (Phi) is 25.8. The summed E-state index contributed by atoms with van der Waals surface area (Å²) in [6, 6.07) is -1.46. The largest absolute Gasteiger partial charge is 2.00 e. The molecule has 0 saturated heterocycles. The second-order valence-corrected chi connectivity index (χ2v) is 6.00. The minimum atomic E-state index is -1.16. The third-order valence-electron chi connectivity index (χ3n) is 2.47. The van der Waals surface area contributed by atoms with Crippen LogP contribution in [0.15, 0.2) is 0 Å². The van der Waals surface area contributed by atoms with E-state index in [4.69, 9.17) is 10.2 Å². The van der Waals surface area contributed by atoms with Crippen LogP contribution in [-0.2, 0) is 9.59 Å². The molecule has 2 unspecified atom stereocenters. The van der Waals surface area contributed by atoms with Gasteiger partial charge in [0.2, 0.25) is 0 Å². The van der Waals surface area contributed by atoms with Crippen LogP contribution in [0.3, 0.4) is 0 Å². The number of nitrogens with one attached hydrogen (secondary N) is 2. The van der Waals surface area contributed by atoms with Crippen LogP contribution < -0.4 is 20.8 Å². The Labute approximate surface area is 175 Å². The molecular formula is C12H24CaN2O6S2. The average Bonchev–Trinajstić information content (AvgIpc) is 2.48. The zero-order valence-electron chi connectivity index (χ0n) is 13.4.